The maximum atomic E-state index is 14.3. The minimum Gasteiger partial charge on any atom is -0.481 e. The van der Waals surface area contributed by atoms with Crippen LogP contribution in [0.5, 0.6) is 0 Å². The van der Waals surface area contributed by atoms with Crippen LogP contribution in [-0.4, -0.2) is 22.6 Å². The third-order valence-corrected chi connectivity index (χ3v) is 13.1. The molecule has 0 bridgehead atoms. The second kappa shape index (κ2) is 6.90. The number of ketones is 2. The highest BCUT2D eigenvalue weighted by atomic mass is 16.4. The number of allylic oxidation sites excluding steroid dienone is 2. The Morgan fingerprint density at radius 3 is 2.11 bits per heavy atom. The second-order valence-corrected chi connectivity index (χ2v) is 15.4. The summed E-state index contributed by atoms with van der Waals surface area (Å²) in [6.45, 7) is 17.9. The summed E-state index contributed by atoms with van der Waals surface area (Å²) in [5.41, 5.74) is -1.20. The van der Waals surface area contributed by atoms with Crippen LogP contribution in [0.15, 0.2) is 11.6 Å². The van der Waals surface area contributed by atoms with Crippen LogP contribution in [0.4, 0.5) is 0 Å². The monoisotopic (exact) mass is 482 g/mol. The molecule has 0 saturated heterocycles. The largest absolute Gasteiger partial charge is 0.481 e. The minimum atomic E-state index is -0.794. The lowest BCUT2D eigenvalue weighted by Gasteiger charge is -2.71. The molecule has 0 spiro atoms. The molecule has 4 nitrogen and oxygen atoms in total. The highest BCUT2D eigenvalue weighted by Gasteiger charge is 2.73. The molecule has 5 aliphatic rings. The van der Waals surface area contributed by atoms with Crippen LogP contribution in [0, 0.1) is 49.7 Å². The van der Waals surface area contributed by atoms with Crippen molar-refractivity contribution in [1.29, 1.82) is 0 Å². The Kier molecular flexibility index (Phi) is 4.97. The van der Waals surface area contributed by atoms with E-state index >= 15 is 0 Å². The van der Waals surface area contributed by atoms with E-state index in [-0.39, 0.29) is 39.3 Å². The number of hydrogen-bond donors (Lipinski definition) is 1. The van der Waals surface area contributed by atoms with Gasteiger partial charge in [0.2, 0.25) is 0 Å². The minimum absolute atomic E-state index is 0.0466. The Bertz CT molecular complexity index is 1050. The normalized spacial score (nSPS) is 50.2. The first-order valence-electron chi connectivity index (χ1n) is 13.9. The average Bonchev–Trinajstić information content (AvgIpc) is 2.72. The van der Waals surface area contributed by atoms with Gasteiger partial charge in [-0.2, -0.15) is 0 Å². The number of aliphatic carboxylic acids is 1. The van der Waals surface area contributed by atoms with Crippen LogP contribution in [0.1, 0.15) is 113 Å². The molecule has 7 atom stereocenters. The Balaban J connectivity index is 1.70. The van der Waals surface area contributed by atoms with Crippen molar-refractivity contribution in [3.63, 3.8) is 0 Å². The number of carbonyl (C=O) groups excluding carboxylic acids is 2. The van der Waals surface area contributed by atoms with E-state index in [1.165, 1.54) is 0 Å². The Hall–Kier alpha value is -1.45. The molecule has 0 aliphatic heterocycles. The lowest BCUT2D eigenvalue weighted by molar-refractivity contribution is -0.200. The molecule has 35 heavy (non-hydrogen) atoms. The van der Waals surface area contributed by atoms with Crippen molar-refractivity contribution in [3.8, 4) is 0 Å². The average molecular weight is 483 g/mol. The molecule has 4 saturated carbocycles. The van der Waals surface area contributed by atoms with E-state index in [1.807, 2.05) is 6.08 Å². The summed E-state index contributed by atoms with van der Waals surface area (Å²) in [7, 11) is 0. The van der Waals surface area contributed by atoms with E-state index in [0.29, 0.717) is 25.0 Å². The fraction of sp³-hybridized carbons (Fsp3) is 0.839. The predicted molar refractivity (Wildman–Crippen MR) is 137 cm³/mol. The molecule has 5 aliphatic carbocycles. The number of fused-ring (bicyclic) bond motifs is 7. The molecule has 0 aromatic heterocycles. The van der Waals surface area contributed by atoms with Crippen molar-refractivity contribution >= 4 is 17.5 Å². The SMILES string of the molecule is CC1(C)CC[C@]2(C(=O)O)CC[C@]3(C)C(=CC(=O)[C@@H]4[C@@]5(C)CCC(=O)C(C)(C)[C@@H]5CC[C@]43C)[C@]2(C)C1. The van der Waals surface area contributed by atoms with Crippen LogP contribution >= 0.6 is 0 Å². The van der Waals surface area contributed by atoms with E-state index in [2.05, 4.69) is 55.4 Å². The van der Waals surface area contributed by atoms with E-state index in [4.69, 9.17) is 0 Å². The molecular formula is C31H46O4. The highest BCUT2D eigenvalue weighted by Crippen LogP contribution is 2.77. The molecule has 0 amide bonds. The highest BCUT2D eigenvalue weighted by molar-refractivity contribution is 5.97. The molecule has 0 radical (unpaired) electrons. The molecule has 0 unspecified atom stereocenters. The standard InChI is InChI=1S/C31H46O4/c1-25(2)13-15-31(24(34)35)16-14-28(6)21(30(31,8)18-25)17-19(32)23-27(5)11-10-22(33)26(3,4)20(27)9-12-29(23,28)7/h17,20,23H,9-16,18H2,1-8H3,(H,34,35)/t20-,23+,27-,28+,29+,30-,31+/m0/s1. The molecule has 4 heteroatoms. The van der Waals surface area contributed by atoms with Crippen molar-refractivity contribution in [2.24, 2.45) is 49.7 Å². The smallest absolute Gasteiger partial charge is 0.310 e. The first-order chi connectivity index (χ1) is 15.9. The quantitative estimate of drug-likeness (QED) is 0.436. The molecule has 0 aromatic carbocycles. The van der Waals surface area contributed by atoms with Crippen LogP contribution in [-0.2, 0) is 14.4 Å². The van der Waals surface area contributed by atoms with Gasteiger partial charge in [0.25, 0.3) is 0 Å². The summed E-state index contributed by atoms with van der Waals surface area (Å²) in [6, 6.07) is 0. The number of Topliss-reactive ketones (excluding diaryl/α,β-unsaturated/α-hetero) is 1. The maximum Gasteiger partial charge on any atom is 0.310 e. The number of carbonyl (C=O) groups is 3. The van der Waals surface area contributed by atoms with Crippen LogP contribution < -0.4 is 0 Å². The predicted octanol–water partition coefficient (Wildman–Crippen LogP) is 7.01. The molecule has 4 fully saturated rings. The van der Waals surface area contributed by atoms with Gasteiger partial charge in [-0.05, 0) is 85.0 Å². The van der Waals surface area contributed by atoms with Crippen molar-refractivity contribution in [1.82, 2.24) is 0 Å². The zero-order valence-electron chi connectivity index (χ0n) is 23.3. The molecular weight excluding hydrogens is 436 g/mol. The van der Waals surface area contributed by atoms with Crippen molar-refractivity contribution in [2.75, 3.05) is 0 Å². The fourth-order valence-electron chi connectivity index (χ4n) is 11.1. The van der Waals surface area contributed by atoms with E-state index in [1.54, 1.807) is 0 Å². The second-order valence-electron chi connectivity index (χ2n) is 15.4. The number of rotatable bonds is 1. The van der Waals surface area contributed by atoms with Crippen LogP contribution in [0.2, 0.25) is 0 Å². The third-order valence-electron chi connectivity index (χ3n) is 13.1. The van der Waals surface area contributed by atoms with Crippen LogP contribution in [0.3, 0.4) is 0 Å². The lowest BCUT2D eigenvalue weighted by Crippen LogP contribution is -2.68. The van der Waals surface area contributed by atoms with Gasteiger partial charge in [0.15, 0.2) is 5.78 Å². The van der Waals surface area contributed by atoms with Gasteiger partial charge < -0.3 is 5.11 Å². The van der Waals surface area contributed by atoms with Crippen molar-refractivity contribution < 1.29 is 19.5 Å². The molecule has 0 heterocycles. The number of carboxylic acid groups (broad SMARTS) is 1. The van der Waals surface area contributed by atoms with Crippen molar-refractivity contribution in [2.45, 2.75) is 113 Å². The fourth-order valence-corrected chi connectivity index (χ4v) is 11.1. The van der Waals surface area contributed by atoms with Gasteiger partial charge in [0.1, 0.15) is 5.78 Å². The Labute approximate surface area is 211 Å². The van der Waals surface area contributed by atoms with E-state index in [0.717, 1.165) is 44.1 Å². The maximum absolute atomic E-state index is 14.3. The summed E-state index contributed by atoms with van der Waals surface area (Å²) in [6.07, 6.45) is 9.09. The summed E-state index contributed by atoms with van der Waals surface area (Å²) in [5.74, 6) is -0.0465. The van der Waals surface area contributed by atoms with E-state index < -0.39 is 22.2 Å². The van der Waals surface area contributed by atoms with Gasteiger partial charge in [0.05, 0.1) is 5.41 Å². The molecule has 194 valence electrons. The molecule has 0 aromatic rings. The topological polar surface area (TPSA) is 71.4 Å². The summed E-state index contributed by atoms with van der Waals surface area (Å²) in [5, 5.41) is 10.6. The lowest BCUT2D eigenvalue weighted by atomic mass is 9.31. The van der Waals surface area contributed by atoms with Gasteiger partial charge in [0, 0.05) is 23.2 Å². The summed E-state index contributed by atoms with van der Waals surface area (Å²) >= 11 is 0. The van der Waals surface area contributed by atoms with Crippen LogP contribution in [0.25, 0.3) is 0 Å². The van der Waals surface area contributed by atoms with Gasteiger partial charge in [-0.1, -0.05) is 61.0 Å². The first-order valence-corrected chi connectivity index (χ1v) is 13.9. The van der Waals surface area contributed by atoms with Gasteiger partial charge in [-0.3, -0.25) is 14.4 Å². The molecule has 5 rings (SSSR count). The number of hydrogen-bond acceptors (Lipinski definition) is 3. The zero-order chi connectivity index (χ0) is 26.0. The van der Waals surface area contributed by atoms with Crippen molar-refractivity contribution in [3.05, 3.63) is 11.6 Å². The Morgan fingerprint density at radius 1 is 0.857 bits per heavy atom. The molecule has 1 N–H and O–H groups in total. The zero-order valence-corrected chi connectivity index (χ0v) is 23.3. The first kappa shape index (κ1) is 25.2. The van der Waals surface area contributed by atoms with Gasteiger partial charge >= 0.3 is 5.97 Å². The van der Waals surface area contributed by atoms with Gasteiger partial charge in [-0.25, -0.2) is 0 Å². The van der Waals surface area contributed by atoms with E-state index in [9.17, 15) is 19.5 Å². The summed E-state index contributed by atoms with van der Waals surface area (Å²) < 4.78 is 0. The Morgan fingerprint density at radius 2 is 1.49 bits per heavy atom. The summed E-state index contributed by atoms with van der Waals surface area (Å²) in [4.78, 5) is 40.2. The van der Waals surface area contributed by atoms with Gasteiger partial charge in [-0.15, -0.1) is 0 Å². The number of carboxylic acids is 1. The third kappa shape index (κ3) is 2.78.